The van der Waals surface area contributed by atoms with E-state index in [0.717, 1.165) is 6.04 Å². The first-order chi connectivity index (χ1) is 8.79. The summed E-state index contributed by atoms with van der Waals surface area (Å²) in [5, 5.41) is 3.58. The molecular weight excluding hydrogens is 238 g/mol. The molecule has 1 aromatic heterocycles. The van der Waals surface area contributed by atoms with E-state index in [9.17, 15) is 0 Å². The lowest BCUT2D eigenvalue weighted by atomic mass is 9.86. The molecule has 92 valence electrons. The number of benzene rings is 1. The Morgan fingerprint density at radius 1 is 1.33 bits per heavy atom. The highest BCUT2D eigenvalue weighted by Gasteiger charge is 2.45. The molecule has 0 amide bonds. The van der Waals surface area contributed by atoms with E-state index >= 15 is 0 Å². The topological polar surface area (TPSA) is 3.24 Å². The molecule has 0 saturated carbocycles. The molecular formula is C16H17NS. The molecule has 2 aliphatic heterocycles. The number of rotatable bonds is 1. The summed E-state index contributed by atoms with van der Waals surface area (Å²) in [6.45, 7) is 0. The second-order valence-corrected chi connectivity index (χ2v) is 6.49. The fourth-order valence-electron chi connectivity index (χ4n) is 3.66. The Balaban J connectivity index is 1.90. The van der Waals surface area contributed by atoms with Crippen molar-refractivity contribution < 1.29 is 0 Å². The molecule has 2 aromatic rings. The van der Waals surface area contributed by atoms with Crippen molar-refractivity contribution in [2.24, 2.45) is 0 Å². The van der Waals surface area contributed by atoms with Crippen LogP contribution in [0.15, 0.2) is 41.8 Å². The summed E-state index contributed by atoms with van der Waals surface area (Å²) < 4.78 is 1.40. The standard InChI is InChI=1S/C16H17NS/c1-17-14-3-2-8-16(17,9-6-14)13-4-5-15-12(11-13)7-10-18-15/h2,4-5,7-8,10-11,14H,3,6,9H2,1H3. The Hall–Kier alpha value is -1.12. The fourth-order valence-corrected chi connectivity index (χ4v) is 4.43. The Labute approximate surface area is 112 Å². The third-order valence-corrected chi connectivity index (χ3v) is 5.69. The highest BCUT2D eigenvalue weighted by molar-refractivity contribution is 7.17. The second kappa shape index (κ2) is 3.69. The minimum Gasteiger partial charge on any atom is -0.290 e. The first-order valence-electron chi connectivity index (χ1n) is 6.68. The van der Waals surface area contributed by atoms with Crippen LogP contribution >= 0.6 is 11.3 Å². The lowest BCUT2D eigenvalue weighted by molar-refractivity contribution is 0.168. The maximum Gasteiger partial charge on any atom is 0.0646 e. The minimum absolute atomic E-state index is 0.166. The summed E-state index contributed by atoms with van der Waals surface area (Å²) in [7, 11) is 2.29. The van der Waals surface area contributed by atoms with Crippen LogP contribution in [0, 0.1) is 0 Å². The molecule has 2 atom stereocenters. The zero-order chi connectivity index (χ0) is 12.2. The van der Waals surface area contributed by atoms with Crippen molar-refractivity contribution in [2.75, 3.05) is 7.05 Å². The predicted molar refractivity (Wildman–Crippen MR) is 78.0 cm³/mol. The Morgan fingerprint density at radius 3 is 3.22 bits per heavy atom. The Bertz CT molecular complexity index is 627. The van der Waals surface area contributed by atoms with Gasteiger partial charge in [0.2, 0.25) is 0 Å². The van der Waals surface area contributed by atoms with Crippen LogP contribution in [0.25, 0.3) is 10.1 Å². The van der Waals surface area contributed by atoms with Gasteiger partial charge in [0.15, 0.2) is 0 Å². The summed E-state index contributed by atoms with van der Waals surface area (Å²) in [5.74, 6) is 0. The molecule has 0 spiro atoms. The highest BCUT2D eigenvalue weighted by Crippen LogP contribution is 2.46. The Morgan fingerprint density at radius 2 is 2.28 bits per heavy atom. The third-order valence-electron chi connectivity index (χ3n) is 4.79. The van der Waals surface area contributed by atoms with Crippen molar-refractivity contribution in [3.8, 4) is 0 Å². The summed E-state index contributed by atoms with van der Waals surface area (Å²) in [6, 6.07) is 9.98. The predicted octanol–water partition coefficient (Wildman–Crippen LogP) is 4.15. The number of hydrogen-bond donors (Lipinski definition) is 0. The van der Waals surface area contributed by atoms with Crippen molar-refractivity contribution in [2.45, 2.75) is 30.8 Å². The van der Waals surface area contributed by atoms with Gasteiger partial charge < -0.3 is 0 Å². The van der Waals surface area contributed by atoms with Gasteiger partial charge in [-0.25, -0.2) is 0 Å². The number of hydrogen-bond acceptors (Lipinski definition) is 2. The first-order valence-corrected chi connectivity index (χ1v) is 7.56. The lowest BCUT2D eigenvalue weighted by Gasteiger charge is -2.39. The molecule has 2 heteroatoms. The molecule has 1 nitrogen and oxygen atoms in total. The molecule has 2 unspecified atom stereocenters. The zero-order valence-electron chi connectivity index (χ0n) is 10.6. The molecule has 0 aliphatic carbocycles. The van der Waals surface area contributed by atoms with Gasteiger partial charge in [-0.2, -0.15) is 0 Å². The molecule has 0 radical (unpaired) electrons. The van der Waals surface area contributed by atoms with Crippen LogP contribution in [-0.2, 0) is 5.54 Å². The maximum atomic E-state index is 2.58. The molecule has 1 aromatic carbocycles. The van der Waals surface area contributed by atoms with Crippen molar-refractivity contribution in [1.29, 1.82) is 0 Å². The van der Waals surface area contributed by atoms with Crippen LogP contribution in [0.3, 0.4) is 0 Å². The van der Waals surface area contributed by atoms with Crippen molar-refractivity contribution in [3.05, 3.63) is 47.4 Å². The largest absolute Gasteiger partial charge is 0.290 e. The van der Waals surface area contributed by atoms with E-state index in [1.54, 1.807) is 0 Å². The summed E-state index contributed by atoms with van der Waals surface area (Å²) >= 11 is 1.83. The molecule has 18 heavy (non-hydrogen) atoms. The number of fused-ring (bicyclic) bond motifs is 3. The van der Waals surface area contributed by atoms with Crippen LogP contribution in [0.1, 0.15) is 24.8 Å². The van der Waals surface area contributed by atoms with Crippen molar-refractivity contribution in [3.63, 3.8) is 0 Å². The van der Waals surface area contributed by atoms with Gasteiger partial charge in [0.1, 0.15) is 0 Å². The molecule has 4 rings (SSSR count). The van der Waals surface area contributed by atoms with Crippen molar-refractivity contribution >= 4 is 21.4 Å². The smallest absolute Gasteiger partial charge is 0.0646 e. The van der Waals surface area contributed by atoms with E-state index in [2.05, 4.69) is 53.7 Å². The van der Waals surface area contributed by atoms with Crippen LogP contribution in [-0.4, -0.2) is 18.0 Å². The molecule has 1 saturated heterocycles. The van der Waals surface area contributed by atoms with Gasteiger partial charge in [-0.05, 0) is 60.8 Å². The lowest BCUT2D eigenvalue weighted by Crippen LogP contribution is -2.42. The SMILES string of the molecule is CN1C2CC=CC1(c1ccc3sccc3c1)CC2. The van der Waals surface area contributed by atoms with E-state index in [1.807, 2.05) is 11.3 Å². The second-order valence-electron chi connectivity index (χ2n) is 5.54. The van der Waals surface area contributed by atoms with Gasteiger partial charge in [-0.1, -0.05) is 18.2 Å². The monoisotopic (exact) mass is 255 g/mol. The van der Waals surface area contributed by atoms with Crippen LogP contribution in [0.5, 0.6) is 0 Å². The van der Waals surface area contributed by atoms with Gasteiger partial charge >= 0.3 is 0 Å². The normalized spacial score (nSPS) is 31.3. The summed E-state index contributed by atoms with van der Waals surface area (Å²) in [4.78, 5) is 2.58. The summed E-state index contributed by atoms with van der Waals surface area (Å²) in [6.07, 6.45) is 8.63. The molecule has 2 bridgehead atoms. The number of thiophene rings is 1. The molecule has 2 aliphatic rings. The molecule has 3 heterocycles. The van der Waals surface area contributed by atoms with E-state index in [-0.39, 0.29) is 5.54 Å². The maximum absolute atomic E-state index is 2.58. The molecule has 0 N–H and O–H groups in total. The van der Waals surface area contributed by atoms with Gasteiger partial charge in [-0.15, -0.1) is 11.3 Å². The van der Waals surface area contributed by atoms with Crippen molar-refractivity contribution in [1.82, 2.24) is 4.90 Å². The summed E-state index contributed by atoms with van der Waals surface area (Å²) in [5.41, 5.74) is 1.63. The van der Waals surface area contributed by atoms with E-state index in [1.165, 1.54) is 34.9 Å². The van der Waals surface area contributed by atoms with Gasteiger partial charge in [0, 0.05) is 10.7 Å². The van der Waals surface area contributed by atoms with Gasteiger partial charge in [0.25, 0.3) is 0 Å². The molecule has 1 fully saturated rings. The van der Waals surface area contributed by atoms with Gasteiger partial charge in [0.05, 0.1) is 5.54 Å². The average molecular weight is 255 g/mol. The highest BCUT2D eigenvalue weighted by atomic mass is 32.1. The first kappa shape index (κ1) is 10.8. The van der Waals surface area contributed by atoms with E-state index in [4.69, 9.17) is 0 Å². The quantitative estimate of drug-likeness (QED) is 0.692. The van der Waals surface area contributed by atoms with E-state index in [0.29, 0.717) is 0 Å². The minimum atomic E-state index is 0.166. The van der Waals surface area contributed by atoms with Crippen LogP contribution in [0.2, 0.25) is 0 Å². The Kier molecular flexibility index (Phi) is 2.21. The average Bonchev–Trinajstić information content (AvgIpc) is 2.89. The third kappa shape index (κ3) is 1.30. The van der Waals surface area contributed by atoms with Crippen LogP contribution in [0.4, 0.5) is 0 Å². The number of nitrogens with zero attached hydrogens (tertiary/aromatic N) is 1. The van der Waals surface area contributed by atoms with E-state index < -0.39 is 0 Å². The zero-order valence-corrected chi connectivity index (χ0v) is 11.4. The van der Waals surface area contributed by atoms with Gasteiger partial charge in [-0.3, -0.25) is 4.90 Å². The fraction of sp³-hybridized carbons (Fsp3) is 0.375. The number of likely N-dealkylation sites (N-methyl/N-ethyl adjacent to an activating group) is 1. The van der Waals surface area contributed by atoms with Crippen LogP contribution < -0.4 is 0 Å².